The first-order chi connectivity index (χ1) is 7.18. The number of nitrogens with zero attached hydrogens (tertiary/aromatic N) is 3. The van der Waals surface area contributed by atoms with Crippen LogP contribution in [0.4, 0.5) is 5.95 Å². The monoisotopic (exact) mass is 205 g/mol. The summed E-state index contributed by atoms with van der Waals surface area (Å²) >= 11 is 0. The molecule has 0 radical (unpaired) electrons. The Morgan fingerprint density at radius 1 is 1.60 bits per heavy atom. The lowest BCUT2D eigenvalue weighted by Crippen LogP contribution is -2.38. The molecule has 0 saturated heterocycles. The van der Waals surface area contributed by atoms with E-state index in [4.69, 9.17) is 11.1 Å². The van der Waals surface area contributed by atoms with Gasteiger partial charge in [-0.05, 0) is 25.3 Å². The first-order valence-electron chi connectivity index (χ1n) is 5.09. The minimum Gasteiger partial charge on any atom is -0.382 e. The standard InChI is InChI=1S/C10H15N5/c1-15(7-3-2-4-7)10-13-6-5-8(14-10)9(11)12/h5-7H,2-4H2,1H3,(H3,11,12). The fourth-order valence-corrected chi connectivity index (χ4v) is 1.61. The van der Waals surface area contributed by atoms with Gasteiger partial charge in [0, 0.05) is 19.3 Å². The lowest BCUT2D eigenvalue weighted by Gasteiger charge is -2.34. The van der Waals surface area contributed by atoms with E-state index in [1.807, 2.05) is 7.05 Å². The number of anilines is 1. The fourth-order valence-electron chi connectivity index (χ4n) is 1.61. The lowest BCUT2D eigenvalue weighted by atomic mass is 9.92. The quantitative estimate of drug-likeness (QED) is 0.563. The molecular formula is C10H15N5. The molecule has 1 aromatic heterocycles. The normalized spacial score (nSPS) is 15.8. The Hall–Kier alpha value is -1.65. The van der Waals surface area contributed by atoms with Crippen LogP contribution in [0.2, 0.25) is 0 Å². The summed E-state index contributed by atoms with van der Waals surface area (Å²) in [5, 5.41) is 7.31. The Balaban J connectivity index is 2.19. The van der Waals surface area contributed by atoms with Crippen molar-refractivity contribution < 1.29 is 0 Å². The van der Waals surface area contributed by atoms with E-state index in [9.17, 15) is 0 Å². The average molecular weight is 205 g/mol. The van der Waals surface area contributed by atoms with Gasteiger partial charge in [0.2, 0.25) is 5.95 Å². The number of rotatable bonds is 3. The summed E-state index contributed by atoms with van der Waals surface area (Å²) in [7, 11) is 1.99. The zero-order valence-electron chi connectivity index (χ0n) is 8.77. The third-order valence-corrected chi connectivity index (χ3v) is 2.86. The smallest absolute Gasteiger partial charge is 0.225 e. The van der Waals surface area contributed by atoms with Crippen LogP contribution in [0.5, 0.6) is 0 Å². The highest BCUT2D eigenvalue weighted by Gasteiger charge is 2.23. The van der Waals surface area contributed by atoms with Crippen molar-refractivity contribution in [1.82, 2.24) is 9.97 Å². The number of nitrogen functional groups attached to an aromatic ring is 1. The van der Waals surface area contributed by atoms with Crippen molar-refractivity contribution >= 4 is 11.8 Å². The third-order valence-electron chi connectivity index (χ3n) is 2.86. The highest BCUT2D eigenvalue weighted by molar-refractivity contribution is 5.93. The Labute approximate surface area is 88.8 Å². The van der Waals surface area contributed by atoms with Crippen LogP contribution in [0.1, 0.15) is 25.0 Å². The highest BCUT2D eigenvalue weighted by Crippen LogP contribution is 2.25. The molecule has 0 unspecified atom stereocenters. The van der Waals surface area contributed by atoms with Crippen LogP contribution in [0.25, 0.3) is 0 Å². The summed E-state index contributed by atoms with van der Waals surface area (Å²) in [5.41, 5.74) is 5.87. The van der Waals surface area contributed by atoms with E-state index < -0.39 is 0 Å². The lowest BCUT2D eigenvalue weighted by molar-refractivity contribution is 0.397. The molecule has 5 nitrogen and oxygen atoms in total. The SMILES string of the molecule is CN(c1nccc(C(=N)N)n1)C1CCC1. The third kappa shape index (κ3) is 1.91. The molecule has 1 saturated carbocycles. The Kier molecular flexibility index (Phi) is 2.53. The van der Waals surface area contributed by atoms with Gasteiger partial charge in [-0.2, -0.15) is 0 Å². The predicted molar refractivity (Wildman–Crippen MR) is 59.1 cm³/mol. The summed E-state index contributed by atoms with van der Waals surface area (Å²) in [4.78, 5) is 10.5. The van der Waals surface area contributed by atoms with Gasteiger partial charge in [0.05, 0.1) is 0 Å². The minimum absolute atomic E-state index is 0.0133. The van der Waals surface area contributed by atoms with E-state index in [0.717, 1.165) is 0 Å². The number of nitrogens with one attached hydrogen (secondary N) is 1. The second-order valence-corrected chi connectivity index (χ2v) is 3.85. The van der Waals surface area contributed by atoms with Crippen molar-refractivity contribution in [3.8, 4) is 0 Å². The van der Waals surface area contributed by atoms with E-state index in [1.165, 1.54) is 19.3 Å². The molecule has 0 amide bonds. The number of amidine groups is 1. The zero-order chi connectivity index (χ0) is 10.8. The number of aromatic nitrogens is 2. The maximum absolute atomic E-state index is 7.31. The van der Waals surface area contributed by atoms with Crippen LogP contribution in [0.15, 0.2) is 12.3 Å². The number of nitrogens with two attached hydrogens (primary N) is 1. The first-order valence-corrected chi connectivity index (χ1v) is 5.09. The van der Waals surface area contributed by atoms with E-state index >= 15 is 0 Å². The van der Waals surface area contributed by atoms with Crippen molar-refractivity contribution in [2.75, 3.05) is 11.9 Å². The highest BCUT2D eigenvalue weighted by atomic mass is 15.3. The second kappa shape index (κ2) is 3.84. The van der Waals surface area contributed by atoms with Gasteiger partial charge in [-0.1, -0.05) is 0 Å². The van der Waals surface area contributed by atoms with Crippen LogP contribution in [-0.2, 0) is 0 Å². The predicted octanol–water partition coefficient (Wildman–Crippen LogP) is 0.749. The molecule has 1 aliphatic rings. The molecular weight excluding hydrogens is 190 g/mol. The van der Waals surface area contributed by atoms with Crippen LogP contribution in [-0.4, -0.2) is 28.9 Å². The van der Waals surface area contributed by atoms with Crippen molar-refractivity contribution in [3.63, 3.8) is 0 Å². The molecule has 5 heteroatoms. The Bertz CT molecular complexity index is 372. The molecule has 1 aromatic rings. The molecule has 3 N–H and O–H groups in total. The van der Waals surface area contributed by atoms with Gasteiger partial charge in [0.1, 0.15) is 11.5 Å². The van der Waals surface area contributed by atoms with Crippen LogP contribution < -0.4 is 10.6 Å². The summed E-state index contributed by atoms with van der Waals surface area (Å²) in [6.45, 7) is 0. The van der Waals surface area contributed by atoms with Gasteiger partial charge >= 0.3 is 0 Å². The molecule has 1 aliphatic carbocycles. The molecule has 2 rings (SSSR count). The molecule has 1 fully saturated rings. The fraction of sp³-hybridized carbons (Fsp3) is 0.500. The molecule has 15 heavy (non-hydrogen) atoms. The number of hydrogen-bond acceptors (Lipinski definition) is 4. The second-order valence-electron chi connectivity index (χ2n) is 3.85. The van der Waals surface area contributed by atoms with Crippen LogP contribution in [0.3, 0.4) is 0 Å². The van der Waals surface area contributed by atoms with E-state index in [1.54, 1.807) is 12.3 Å². The minimum atomic E-state index is -0.0133. The zero-order valence-corrected chi connectivity index (χ0v) is 8.77. The molecule has 0 aromatic carbocycles. The molecule has 0 atom stereocenters. The molecule has 80 valence electrons. The van der Waals surface area contributed by atoms with Crippen LogP contribution in [0, 0.1) is 5.41 Å². The van der Waals surface area contributed by atoms with E-state index in [0.29, 0.717) is 17.7 Å². The Morgan fingerprint density at radius 2 is 2.33 bits per heavy atom. The van der Waals surface area contributed by atoms with Gasteiger partial charge in [-0.15, -0.1) is 0 Å². The van der Waals surface area contributed by atoms with Crippen molar-refractivity contribution in [2.45, 2.75) is 25.3 Å². The van der Waals surface area contributed by atoms with Gasteiger partial charge in [0.25, 0.3) is 0 Å². The van der Waals surface area contributed by atoms with E-state index in [-0.39, 0.29) is 5.84 Å². The van der Waals surface area contributed by atoms with Gasteiger partial charge in [-0.25, -0.2) is 9.97 Å². The van der Waals surface area contributed by atoms with Crippen molar-refractivity contribution in [2.24, 2.45) is 5.73 Å². The topological polar surface area (TPSA) is 78.9 Å². The number of hydrogen-bond donors (Lipinski definition) is 2. The summed E-state index contributed by atoms with van der Waals surface area (Å²) in [5.74, 6) is 0.646. The van der Waals surface area contributed by atoms with Gasteiger partial charge in [0.15, 0.2) is 0 Å². The van der Waals surface area contributed by atoms with Crippen LogP contribution >= 0.6 is 0 Å². The maximum atomic E-state index is 7.31. The molecule has 0 aliphatic heterocycles. The average Bonchev–Trinajstić information content (AvgIpc) is 2.15. The summed E-state index contributed by atoms with van der Waals surface area (Å²) in [6, 6.07) is 2.20. The van der Waals surface area contributed by atoms with E-state index in [2.05, 4.69) is 14.9 Å². The molecule has 0 spiro atoms. The van der Waals surface area contributed by atoms with Gasteiger partial charge < -0.3 is 10.6 Å². The molecule has 1 heterocycles. The van der Waals surface area contributed by atoms with Crippen molar-refractivity contribution in [1.29, 1.82) is 5.41 Å². The summed E-state index contributed by atoms with van der Waals surface area (Å²) in [6.07, 6.45) is 5.32. The Morgan fingerprint density at radius 3 is 2.87 bits per heavy atom. The largest absolute Gasteiger partial charge is 0.382 e. The first kappa shape index (κ1) is 9.89. The molecule has 0 bridgehead atoms. The maximum Gasteiger partial charge on any atom is 0.225 e. The summed E-state index contributed by atoms with van der Waals surface area (Å²) < 4.78 is 0. The van der Waals surface area contributed by atoms with Crippen molar-refractivity contribution in [3.05, 3.63) is 18.0 Å². The van der Waals surface area contributed by atoms with Gasteiger partial charge in [-0.3, -0.25) is 5.41 Å².